The summed E-state index contributed by atoms with van der Waals surface area (Å²) in [4.78, 5) is 0. The Hall–Kier alpha value is 3.32. The van der Waals surface area contributed by atoms with Gasteiger partial charge in [0, 0.05) is 0 Å². The van der Waals surface area contributed by atoms with Gasteiger partial charge in [-0.2, -0.15) is 0 Å². The van der Waals surface area contributed by atoms with E-state index in [2.05, 4.69) is 0 Å². The van der Waals surface area contributed by atoms with Gasteiger partial charge < -0.3 is 5.71 Å². The number of hydrogen-bond donors (Lipinski definition) is 0. The second-order valence-electron chi connectivity index (χ2n) is 0. The van der Waals surface area contributed by atoms with E-state index < -0.39 is 0 Å². The van der Waals surface area contributed by atoms with E-state index in [1.165, 1.54) is 0 Å². The van der Waals surface area contributed by atoms with E-state index in [1.54, 1.807) is 0 Å². The van der Waals surface area contributed by atoms with Crippen molar-refractivity contribution >= 4 is 108 Å². The molecular formula is H6CaCl2Sr. The van der Waals surface area contributed by atoms with Crippen LogP contribution in [0.4, 0.5) is 0 Å². The predicted molar refractivity (Wildman–Crippen MR) is 30.5 cm³/mol. The van der Waals surface area contributed by atoms with Gasteiger partial charge in [-0.3, -0.25) is 0 Å². The minimum atomic E-state index is 0. The molecule has 0 aliphatic rings. The molecule has 0 nitrogen and oxygen atoms in total. The third kappa shape index (κ3) is 9.01. The average Bonchev–Trinajstić information content (AvgIpc) is 0. The van der Waals surface area contributed by atoms with E-state index in [0.29, 0.717) is 0 Å². The van der Waals surface area contributed by atoms with Crippen LogP contribution in [0.2, 0.25) is 0 Å². The van der Waals surface area contributed by atoms with Gasteiger partial charge in [-0.25, -0.2) is 0 Å². The maximum atomic E-state index is 0. The molecule has 0 radical (unpaired) electrons. The normalized spacial score (nSPS) is 0. The molecule has 0 aromatic heterocycles. The van der Waals surface area contributed by atoms with Gasteiger partial charge >= 0.3 is 83.2 Å². The van der Waals surface area contributed by atoms with Crippen molar-refractivity contribution in [2.45, 2.75) is 0 Å². The molecule has 0 N–H and O–H groups in total. The van der Waals surface area contributed by atoms with Crippen LogP contribution in [-0.4, -0.2) is 83.2 Å². The van der Waals surface area contributed by atoms with Gasteiger partial charge in [0.1, 0.15) is 0 Å². The average molecular weight is 205 g/mol. The van der Waals surface area contributed by atoms with Gasteiger partial charge in [-0.05, 0) is 0 Å². The van der Waals surface area contributed by atoms with E-state index in [-0.39, 0.29) is 114 Å². The zero-order valence-corrected chi connectivity index (χ0v) is 9.55. The van der Waals surface area contributed by atoms with Crippen LogP contribution in [0.3, 0.4) is 0 Å². The molecule has 0 rings (SSSR count). The molecule has 4 heavy (non-hydrogen) atoms. The molecule has 0 aromatic rings. The second kappa shape index (κ2) is 16.2. The molecule has 0 unspecified atom stereocenters. The van der Waals surface area contributed by atoms with Gasteiger partial charge in [0.05, 0.1) is 0 Å². The summed E-state index contributed by atoms with van der Waals surface area (Å²) < 4.78 is 0. The molecule has 0 fully saturated rings. The monoisotopic (exact) mass is 204 g/mol. The van der Waals surface area contributed by atoms with Crippen LogP contribution in [0.5, 0.6) is 0 Å². The molecule has 0 spiro atoms. The minimum Gasteiger partial charge on any atom is -1.00 e. The third-order valence-electron chi connectivity index (χ3n) is 0. The smallest absolute Gasteiger partial charge is 1.00 e. The first-order chi connectivity index (χ1) is 0. The standard InChI is InChI=1S/Ca.2ClH.Sr.4H/h;2*1H;;;;;/q+2;;;+2;4*-1. The maximum absolute atomic E-state index is 0. The minimum absolute atomic E-state index is 0. The fraction of sp³-hybridized carbons (Fsp3) is 0. The zero-order chi connectivity index (χ0) is 0. The summed E-state index contributed by atoms with van der Waals surface area (Å²) in [5.41, 5.74) is 0. The summed E-state index contributed by atoms with van der Waals surface area (Å²) >= 11 is 0. The predicted octanol–water partition coefficient (Wildman–Crippen LogP) is 0.532. The van der Waals surface area contributed by atoms with E-state index in [0.717, 1.165) is 0 Å². The summed E-state index contributed by atoms with van der Waals surface area (Å²) in [7, 11) is 0. The molecule has 0 heterocycles. The largest absolute Gasteiger partial charge is 2.00 e. The van der Waals surface area contributed by atoms with Gasteiger partial charge in [-0.1, -0.05) is 0 Å². The SMILES string of the molecule is Cl.Cl.[Ca+2].[H-].[H-].[H-].[H-].[Sr+2]. The molecule has 0 amide bonds. The molecule has 0 atom stereocenters. The summed E-state index contributed by atoms with van der Waals surface area (Å²) in [5, 5.41) is 0. The topological polar surface area (TPSA) is 0 Å². The Balaban J connectivity index is 0. The Labute approximate surface area is 111 Å². The van der Waals surface area contributed by atoms with Gasteiger partial charge in [0.25, 0.3) is 0 Å². The molecule has 24 valence electrons. The van der Waals surface area contributed by atoms with Gasteiger partial charge in [-0.15, -0.1) is 24.8 Å². The van der Waals surface area contributed by atoms with Crippen LogP contribution in [0.25, 0.3) is 0 Å². The van der Waals surface area contributed by atoms with Crippen molar-refractivity contribution in [1.29, 1.82) is 0 Å². The van der Waals surface area contributed by atoms with Crippen molar-refractivity contribution in [2.24, 2.45) is 0 Å². The van der Waals surface area contributed by atoms with Crippen LogP contribution in [-0.2, 0) is 0 Å². The molecule has 0 aliphatic heterocycles. The summed E-state index contributed by atoms with van der Waals surface area (Å²) in [6, 6.07) is 0. The van der Waals surface area contributed by atoms with Crippen molar-refractivity contribution in [3.63, 3.8) is 0 Å². The summed E-state index contributed by atoms with van der Waals surface area (Å²) in [5.74, 6) is 0. The summed E-state index contributed by atoms with van der Waals surface area (Å²) in [6.45, 7) is 0. The first-order valence-corrected chi connectivity index (χ1v) is 0. The first kappa shape index (κ1) is 26.5. The van der Waals surface area contributed by atoms with E-state index in [1.807, 2.05) is 0 Å². The Morgan fingerprint density at radius 1 is 1.00 bits per heavy atom. The molecule has 4 heteroatoms. The second-order valence-corrected chi connectivity index (χ2v) is 0. The first-order valence-electron chi connectivity index (χ1n) is 0. The Morgan fingerprint density at radius 2 is 1.00 bits per heavy atom. The van der Waals surface area contributed by atoms with Crippen molar-refractivity contribution in [2.75, 3.05) is 0 Å². The summed E-state index contributed by atoms with van der Waals surface area (Å²) in [6.07, 6.45) is 0. The molecule has 0 saturated heterocycles. The Bertz CT molecular complexity index is 14.0. The van der Waals surface area contributed by atoms with Crippen molar-refractivity contribution in [3.8, 4) is 0 Å². The Morgan fingerprint density at radius 3 is 1.00 bits per heavy atom. The Kier molecular flexibility index (Phi) is 108. The van der Waals surface area contributed by atoms with Crippen LogP contribution < -0.4 is 0 Å². The number of hydrogen-bond acceptors (Lipinski definition) is 0. The van der Waals surface area contributed by atoms with Crippen molar-refractivity contribution < 1.29 is 5.71 Å². The molecule has 0 aromatic carbocycles. The van der Waals surface area contributed by atoms with Crippen LogP contribution >= 0.6 is 24.8 Å². The van der Waals surface area contributed by atoms with Crippen LogP contribution in [0, 0.1) is 0 Å². The van der Waals surface area contributed by atoms with Gasteiger partial charge in [0.2, 0.25) is 0 Å². The number of rotatable bonds is 0. The van der Waals surface area contributed by atoms with Crippen LogP contribution in [0.1, 0.15) is 5.71 Å². The van der Waals surface area contributed by atoms with E-state index in [4.69, 9.17) is 0 Å². The van der Waals surface area contributed by atoms with E-state index in [9.17, 15) is 0 Å². The van der Waals surface area contributed by atoms with E-state index >= 15 is 0 Å². The van der Waals surface area contributed by atoms with Crippen LogP contribution in [0.15, 0.2) is 0 Å². The third-order valence-corrected chi connectivity index (χ3v) is 0. The quantitative estimate of drug-likeness (QED) is 0.505. The van der Waals surface area contributed by atoms with Crippen molar-refractivity contribution in [3.05, 3.63) is 0 Å². The fourth-order valence-corrected chi connectivity index (χ4v) is 0. The molecule has 0 bridgehead atoms. The molecule has 0 aliphatic carbocycles. The van der Waals surface area contributed by atoms with Gasteiger partial charge in [0.15, 0.2) is 0 Å². The molecular weight excluding hydrogens is 199 g/mol. The number of halogens is 2. The molecule has 0 saturated carbocycles. The van der Waals surface area contributed by atoms with Crippen molar-refractivity contribution in [1.82, 2.24) is 0 Å². The zero-order valence-electron chi connectivity index (χ0n) is 6.23. The maximum Gasteiger partial charge on any atom is 2.00 e. The fourth-order valence-electron chi connectivity index (χ4n) is 0.